The zero-order valence-corrected chi connectivity index (χ0v) is 23.1. The van der Waals surface area contributed by atoms with Crippen LogP contribution in [0.1, 0.15) is 25.2 Å². The van der Waals surface area contributed by atoms with E-state index in [0.29, 0.717) is 29.7 Å². The molecule has 0 unspecified atom stereocenters. The van der Waals surface area contributed by atoms with Crippen molar-refractivity contribution in [1.29, 1.82) is 0 Å². The van der Waals surface area contributed by atoms with Gasteiger partial charge in [-0.1, -0.05) is 43.6 Å². The molecule has 8 heteroatoms. The third kappa shape index (κ3) is 4.31. The van der Waals surface area contributed by atoms with E-state index in [1.54, 1.807) is 7.11 Å². The quantitative estimate of drug-likeness (QED) is 0.338. The van der Waals surface area contributed by atoms with Crippen LogP contribution in [0.15, 0.2) is 75.3 Å². The Hall–Kier alpha value is -2.50. The lowest BCUT2D eigenvalue weighted by atomic mass is 9.84. The van der Waals surface area contributed by atoms with Crippen LogP contribution >= 0.6 is 18.8 Å². The summed E-state index contributed by atoms with van der Waals surface area (Å²) in [5.74, 6) is 3.91. The standard InChI is InChI=1S/C28H33ClN3O3P/c1-20-10-13-27(35-20)36(32-14-16-34-17-15-32,30-23-18-21(29)11-12-25(23)33-5)19-26-28(2,3)22-8-6-7-9-24(22)31(26)4/h6-13,18-19H,14-17H2,1-5H3/b26-19-/t36-/m0/s1. The van der Waals surface area contributed by atoms with Gasteiger partial charge in [0.1, 0.15) is 24.4 Å². The van der Waals surface area contributed by atoms with Crippen molar-refractivity contribution in [1.82, 2.24) is 4.67 Å². The number of nitrogens with zero attached hydrogens (tertiary/aromatic N) is 3. The van der Waals surface area contributed by atoms with Crippen LogP contribution in [0.25, 0.3) is 0 Å². The number of allylic oxidation sites excluding steroid dienone is 1. The molecule has 2 aliphatic heterocycles. The van der Waals surface area contributed by atoms with Crippen molar-refractivity contribution in [2.45, 2.75) is 26.2 Å². The molecule has 0 aliphatic carbocycles. The van der Waals surface area contributed by atoms with Gasteiger partial charge in [0.05, 0.1) is 20.3 Å². The van der Waals surface area contributed by atoms with Crippen LogP contribution in [0.3, 0.4) is 0 Å². The van der Waals surface area contributed by atoms with Crippen molar-refractivity contribution < 1.29 is 13.9 Å². The molecular formula is C28H33ClN3O3P. The molecule has 1 fully saturated rings. The van der Waals surface area contributed by atoms with Crippen LogP contribution in [0, 0.1) is 6.92 Å². The normalized spacial score (nSPS) is 20.3. The summed E-state index contributed by atoms with van der Waals surface area (Å²) in [7, 11) is 1.19. The van der Waals surface area contributed by atoms with E-state index in [4.69, 9.17) is 30.2 Å². The Balaban J connectivity index is 1.84. The summed E-state index contributed by atoms with van der Waals surface area (Å²) >= 11 is 6.45. The Labute approximate surface area is 218 Å². The highest BCUT2D eigenvalue weighted by atomic mass is 35.5. The predicted molar refractivity (Wildman–Crippen MR) is 148 cm³/mol. The maximum Gasteiger partial charge on any atom is 0.160 e. The van der Waals surface area contributed by atoms with E-state index >= 15 is 0 Å². The predicted octanol–water partition coefficient (Wildman–Crippen LogP) is 6.92. The van der Waals surface area contributed by atoms with Crippen molar-refractivity contribution >= 4 is 35.7 Å². The maximum atomic E-state index is 6.45. The lowest BCUT2D eigenvalue weighted by molar-refractivity contribution is 0.0747. The van der Waals surface area contributed by atoms with E-state index in [1.165, 1.54) is 16.9 Å². The average molecular weight is 526 g/mol. The van der Waals surface area contributed by atoms with Gasteiger partial charge < -0.3 is 18.8 Å². The molecule has 2 aliphatic rings. The third-order valence-corrected chi connectivity index (χ3v) is 10.6. The minimum absolute atomic E-state index is 0.210. The number of para-hydroxylation sites is 1. The molecule has 2 aromatic carbocycles. The molecule has 5 rings (SSSR count). The molecule has 36 heavy (non-hydrogen) atoms. The third-order valence-electron chi connectivity index (χ3n) is 7.11. The number of fused-ring (bicyclic) bond motifs is 1. The number of morpholine rings is 1. The zero-order chi connectivity index (χ0) is 25.5. The zero-order valence-electron chi connectivity index (χ0n) is 21.5. The van der Waals surface area contributed by atoms with Gasteiger partial charge in [0, 0.05) is 42.0 Å². The molecule has 0 bridgehead atoms. The number of hydrogen-bond acceptors (Lipinski definition) is 5. The van der Waals surface area contributed by atoms with Gasteiger partial charge in [0.2, 0.25) is 0 Å². The van der Waals surface area contributed by atoms with Crippen LogP contribution in [0.2, 0.25) is 5.02 Å². The summed E-state index contributed by atoms with van der Waals surface area (Å²) in [4.78, 5) is 2.30. The smallest absolute Gasteiger partial charge is 0.160 e. The largest absolute Gasteiger partial charge is 0.494 e. The number of ether oxygens (including phenoxy) is 2. The van der Waals surface area contributed by atoms with Gasteiger partial charge >= 0.3 is 0 Å². The Morgan fingerprint density at radius 2 is 1.83 bits per heavy atom. The summed E-state index contributed by atoms with van der Waals surface area (Å²) in [6.45, 7) is 9.33. The molecular weight excluding hydrogens is 493 g/mol. The van der Waals surface area contributed by atoms with Crippen LogP contribution in [-0.4, -0.2) is 45.1 Å². The Kier molecular flexibility index (Phi) is 6.82. The maximum absolute atomic E-state index is 6.45. The first-order chi connectivity index (χ1) is 17.3. The van der Waals surface area contributed by atoms with Crippen LogP contribution in [-0.2, 0) is 10.2 Å². The molecule has 190 valence electrons. The molecule has 0 amide bonds. The highest BCUT2D eigenvalue weighted by Gasteiger charge is 2.42. The molecule has 3 heterocycles. The molecule has 1 saturated heterocycles. The second kappa shape index (κ2) is 9.75. The summed E-state index contributed by atoms with van der Waals surface area (Å²) in [5, 5.41) is 0.614. The number of hydrogen-bond donors (Lipinski definition) is 0. The van der Waals surface area contributed by atoms with E-state index in [0.717, 1.165) is 24.4 Å². The molecule has 0 saturated carbocycles. The van der Waals surface area contributed by atoms with Gasteiger partial charge in [-0.3, -0.25) is 4.67 Å². The highest BCUT2D eigenvalue weighted by molar-refractivity contribution is 7.74. The highest BCUT2D eigenvalue weighted by Crippen LogP contribution is 2.61. The molecule has 3 aromatic rings. The second-order valence-corrected chi connectivity index (χ2v) is 12.9. The van der Waals surface area contributed by atoms with Crippen LogP contribution < -0.4 is 15.1 Å². The number of rotatable bonds is 5. The minimum Gasteiger partial charge on any atom is -0.494 e. The topological polar surface area (TPSA) is 50.4 Å². The monoisotopic (exact) mass is 525 g/mol. The fourth-order valence-corrected chi connectivity index (χ4v) is 8.87. The van der Waals surface area contributed by atoms with Crippen molar-refractivity contribution in [3.63, 3.8) is 0 Å². The Morgan fingerprint density at radius 3 is 2.50 bits per heavy atom. The minimum atomic E-state index is -2.61. The lowest BCUT2D eigenvalue weighted by Gasteiger charge is -2.37. The summed E-state index contributed by atoms with van der Waals surface area (Å²) in [6, 6.07) is 18.3. The molecule has 0 spiro atoms. The molecule has 0 N–H and O–H groups in total. The number of benzene rings is 2. The first-order valence-electron chi connectivity index (χ1n) is 12.2. The molecule has 6 nitrogen and oxygen atoms in total. The van der Waals surface area contributed by atoms with Gasteiger partial charge in [-0.2, -0.15) is 0 Å². The summed E-state index contributed by atoms with van der Waals surface area (Å²) < 4.78 is 25.9. The Morgan fingerprint density at radius 1 is 1.08 bits per heavy atom. The molecule has 1 atom stereocenters. The fourth-order valence-electron chi connectivity index (χ4n) is 5.19. The van der Waals surface area contributed by atoms with E-state index in [1.807, 2.05) is 31.2 Å². The molecule has 0 radical (unpaired) electrons. The Bertz CT molecular complexity index is 1360. The van der Waals surface area contributed by atoms with Crippen LogP contribution in [0.5, 0.6) is 5.75 Å². The van der Waals surface area contributed by atoms with E-state index in [-0.39, 0.29) is 5.41 Å². The summed E-state index contributed by atoms with van der Waals surface area (Å²) in [6.07, 6.45) is 0. The van der Waals surface area contributed by atoms with Crippen molar-refractivity contribution in [3.05, 3.63) is 82.5 Å². The average Bonchev–Trinajstić information content (AvgIpc) is 3.40. The molecule has 1 aromatic heterocycles. The van der Waals surface area contributed by atoms with Gasteiger partial charge in [0.15, 0.2) is 5.50 Å². The van der Waals surface area contributed by atoms with E-state index in [9.17, 15) is 0 Å². The number of likely N-dealkylation sites (N-methyl/N-ethyl adjacent to an activating group) is 1. The fraction of sp³-hybridized carbons (Fsp3) is 0.357. The van der Waals surface area contributed by atoms with Crippen molar-refractivity contribution in [2.75, 3.05) is 45.4 Å². The van der Waals surface area contributed by atoms with Gasteiger partial charge in [0.25, 0.3) is 0 Å². The van der Waals surface area contributed by atoms with E-state index < -0.39 is 7.21 Å². The first-order valence-corrected chi connectivity index (χ1v) is 14.3. The van der Waals surface area contributed by atoms with Gasteiger partial charge in [-0.25, -0.2) is 4.74 Å². The number of furan rings is 1. The first kappa shape index (κ1) is 25.2. The number of halogens is 1. The SMILES string of the molecule is COc1ccc(Cl)cc1N=[P@](/C=C1\N(C)c2ccccc2C1(C)C)(c1ccc(C)o1)N1CCOCC1. The van der Waals surface area contributed by atoms with Crippen LogP contribution in [0.4, 0.5) is 11.4 Å². The van der Waals surface area contributed by atoms with Crippen molar-refractivity contribution in [2.24, 2.45) is 4.74 Å². The summed E-state index contributed by atoms with van der Waals surface area (Å²) in [5.41, 5.74) is 5.07. The van der Waals surface area contributed by atoms with Gasteiger partial charge in [-0.05, 0) is 54.7 Å². The van der Waals surface area contributed by atoms with Crippen molar-refractivity contribution in [3.8, 4) is 5.75 Å². The number of anilines is 1. The lowest BCUT2D eigenvalue weighted by Crippen LogP contribution is -2.36. The number of aryl methyl sites for hydroxylation is 1. The number of methoxy groups -OCH3 is 1. The van der Waals surface area contributed by atoms with Gasteiger partial charge in [-0.15, -0.1) is 0 Å². The van der Waals surface area contributed by atoms with E-state index in [2.05, 4.69) is 66.6 Å². The second-order valence-electron chi connectivity index (χ2n) is 9.73.